The van der Waals surface area contributed by atoms with Gasteiger partial charge in [0.1, 0.15) is 0 Å². The molecule has 1 aromatic carbocycles. The van der Waals surface area contributed by atoms with Crippen LogP contribution >= 0.6 is 38.5 Å². The third-order valence-corrected chi connectivity index (χ3v) is 4.74. The van der Waals surface area contributed by atoms with Gasteiger partial charge >= 0.3 is 0 Å². The maximum Gasteiger partial charge on any atom is 0.245 e. The predicted octanol–water partition coefficient (Wildman–Crippen LogP) is 2.64. The fourth-order valence-electron chi connectivity index (χ4n) is 2.31. The van der Waals surface area contributed by atoms with Crippen molar-refractivity contribution in [2.24, 2.45) is 0 Å². The molecule has 2 heterocycles. The summed E-state index contributed by atoms with van der Waals surface area (Å²) in [7, 11) is 0. The van der Waals surface area contributed by atoms with Crippen LogP contribution in [0.1, 0.15) is 6.92 Å². The lowest BCUT2D eigenvalue weighted by Gasteiger charge is -2.30. The number of benzene rings is 1. The van der Waals surface area contributed by atoms with Gasteiger partial charge in [-0.1, -0.05) is 15.9 Å². The number of hydrogen-bond donors (Lipinski definition) is 2. The maximum atomic E-state index is 4.65. The lowest BCUT2D eigenvalue weighted by Crippen LogP contribution is -2.49. The average Bonchev–Trinajstić information content (AvgIpc) is 2.91. The Morgan fingerprint density at radius 3 is 3.10 bits per heavy atom. The third kappa shape index (κ3) is 2.99. The van der Waals surface area contributed by atoms with Gasteiger partial charge < -0.3 is 10.2 Å². The summed E-state index contributed by atoms with van der Waals surface area (Å²) in [6.07, 6.45) is 0. The van der Waals surface area contributed by atoms with Crippen molar-refractivity contribution in [3.63, 3.8) is 0 Å². The zero-order chi connectivity index (χ0) is 14.1. The molecule has 0 saturated carbocycles. The minimum Gasteiger partial charge on any atom is -0.337 e. The number of hydrogen-bond acceptors (Lipinski definition) is 4. The van der Waals surface area contributed by atoms with Gasteiger partial charge in [0.15, 0.2) is 5.82 Å². The smallest absolute Gasteiger partial charge is 0.245 e. The Kier molecular flexibility index (Phi) is 4.27. The Morgan fingerprint density at radius 1 is 1.45 bits per heavy atom. The van der Waals surface area contributed by atoms with E-state index >= 15 is 0 Å². The van der Waals surface area contributed by atoms with Crippen LogP contribution in [-0.2, 0) is 0 Å². The normalized spacial score (nSPS) is 19.4. The lowest BCUT2D eigenvalue weighted by molar-refractivity contribution is 0.480. The molecule has 106 valence electrons. The molecule has 0 unspecified atom stereocenters. The molecule has 7 heteroatoms. The number of aromatic nitrogens is 3. The van der Waals surface area contributed by atoms with Crippen LogP contribution in [0.2, 0.25) is 0 Å². The molecule has 20 heavy (non-hydrogen) atoms. The minimum atomic E-state index is 0.469. The maximum absolute atomic E-state index is 4.65. The molecule has 0 radical (unpaired) electrons. The fourth-order valence-corrected chi connectivity index (χ4v) is 3.26. The second-order valence-corrected chi connectivity index (χ2v) is 6.99. The van der Waals surface area contributed by atoms with E-state index in [1.54, 1.807) is 0 Å². The first-order valence-corrected chi connectivity index (χ1v) is 8.37. The van der Waals surface area contributed by atoms with Gasteiger partial charge in [0, 0.05) is 39.3 Å². The summed E-state index contributed by atoms with van der Waals surface area (Å²) >= 11 is 5.82. The Hall–Kier alpha value is -0.670. The van der Waals surface area contributed by atoms with Crippen LogP contribution in [0.15, 0.2) is 22.7 Å². The summed E-state index contributed by atoms with van der Waals surface area (Å²) in [6.45, 7) is 5.03. The lowest BCUT2D eigenvalue weighted by atomic mass is 10.2. The van der Waals surface area contributed by atoms with Crippen LogP contribution in [-0.4, -0.2) is 40.9 Å². The van der Waals surface area contributed by atoms with E-state index in [2.05, 4.69) is 83.0 Å². The molecule has 3 rings (SSSR count). The summed E-state index contributed by atoms with van der Waals surface area (Å²) in [6, 6.07) is 6.62. The molecule has 0 bridgehead atoms. The standard InChI is InChI=1S/C13H15BrIN5/c1-8-7-20(5-4-16-8)13-17-12(18-19-13)10-6-9(14)2-3-11(10)15/h2-3,6,8,16H,4-5,7H2,1H3,(H,17,18,19)/t8-/m1/s1. The van der Waals surface area contributed by atoms with Crippen molar-refractivity contribution in [3.8, 4) is 11.4 Å². The van der Waals surface area contributed by atoms with E-state index in [4.69, 9.17) is 0 Å². The first kappa shape index (κ1) is 14.3. The highest BCUT2D eigenvalue weighted by molar-refractivity contribution is 14.1. The minimum absolute atomic E-state index is 0.469. The second kappa shape index (κ2) is 5.98. The van der Waals surface area contributed by atoms with Gasteiger partial charge in [0.2, 0.25) is 5.95 Å². The van der Waals surface area contributed by atoms with Crippen LogP contribution in [0.3, 0.4) is 0 Å². The van der Waals surface area contributed by atoms with Crippen molar-refractivity contribution in [2.75, 3.05) is 24.5 Å². The van der Waals surface area contributed by atoms with Crippen molar-refractivity contribution in [1.82, 2.24) is 20.5 Å². The zero-order valence-corrected chi connectivity index (χ0v) is 14.8. The molecule has 1 saturated heterocycles. The predicted molar refractivity (Wildman–Crippen MR) is 91.9 cm³/mol. The van der Waals surface area contributed by atoms with Gasteiger partial charge in [-0.2, -0.15) is 4.98 Å². The Morgan fingerprint density at radius 2 is 2.30 bits per heavy atom. The van der Waals surface area contributed by atoms with Gasteiger partial charge in [-0.15, -0.1) is 5.10 Å². The van der Waals surface area contributed by atoms with E-state index in [0.29, 0.717) is 6.04 Å². The quantitative estimate of drug-likeness (QED) is 0.695. The van der Waals surface area contributed by atoms with E-state index in [9.17, 15) is 0 Å². The fraction of sp³-hybridized carbons (Fsp3) is 0.385. The summed E-state index contributed by atoms with van der Waals surface area (Å²) in [4.78, 5) is 6.86. The van der Waals surface area contributed by atoms with Gasteiger partial charge in [-0.3, -0.25) is 5.10 Å². The Labute approximate surface area is 139 Å². The highest BCUT2D eigenvalue weighted by Crippen LogP contribution is 2.27. The van der Waals surface area contributed by atoms with E-state index in [0.717, 1.165) is 45.0 Å². The number of nitrogens with zero attached hydrogens (tertiary/aromatic N) is 3. The Bertz CT molecular complexity index is 615. The van der Waals surface area contributed by atoms with Gasteiger partial charge in [0.05, 0.1) is 0 Å². The number of rotatable bonds is 2. The van der Waals surface area contributed by atoms with E-state index in [1.165, 1.54) is 0 Å². The molecule has 2 aromatic rings. The number of aromatic amines is 1. The summed E-state index contributed by atoms with van der Waals surface area (Å²) in [5, 5.41) is 10.8. The van der Waals surface area contributed by atoms with Crippen molar-refractivity contribution in [3.05, 3.63) is 26.2 Å². The third-order valence-electron chi connectivity index (χ3n) is 3.31. The molecule has 1 atom stereocenters. The molecule has 0 aliphatic carbocycles. The van der Waals surface area contributed by atoms with Crippen LogP contribution in [0.5, 0.6) is 0 Å². The van der Waals surface area contributed by atoms with Crippen LogP contribution in [0.25, 0.3) is 11.4 Å². The summed E-state index contributed by atoms with van der Waals surface area (Å²) in [5.41, 5.74) is 1.07. The molecule has 0 amide bonds. The average molecular weight is 448 g/mol. The topological polar surface area (TPSA) is 56.8 Å². The number of H-pyrrole nitrogens is 1. The van der Waals surface area contributed by atoms with Crippen LogP contribution in [0, 0.1) is 3.57 Å². The van der Waals surface area contributed by atoms with Crippen molar-refractivity contribution in [1.29, 1.82) is 0 Å². The van der Waals surface area contributed by atoms with Gasteiger partial charge in [0.25, 0.3) is 0 Å². The van der Waals surface area contributed by atoms with Gasteiger partial charge in [-0.25, -0.2) is 0 Å². The first-order chi connectivity index (χ1) is 9.63. The molecule has 2 N–H and O–H groups in total. The number of halogens is 2. The highest BCUT2D eigenvalue weighted by Gasteiger charge is 2.20. The largest absolute Gasteiger partial charge is 0.337 e. The van der Waals surface area contributed by atoms with Crippen molar-refractivity contribution in [2.45, 2.75) is 13.0 Å². The van der Waals surface area contributed by atoms with Gasteiger partial charge in [-0.05, 0) is 47.7 Å². The molecular weight excluding hydrogens is 433 g/mol. The Balaban J connectivity index is 1.88. The number of piperazine rings is 1. The second-order valence-electron chi connectivity index (χ2n) is 4.91. The zero-order valence-electron chi connectivity index (χ0n) is 11.0. The van der Waals surface area contributed by atoms with E-state index < -0.39 is 0 Å². The van der Waals surface area contributed by atoms with E-state index in [-0.39, 0.29) is 0 Å². The SMILES string of the molecule is C[C@@H]1CN(c2n[nH]c(-c3cc(Br)ccc3I)n2)CCN1. The molecule has 1 fully saturated rings. The van der Waals surface area contributed by atoms with E-state index in [1.807, 2.05) is 6.07 Å². The molecule has 1 aromatic heterocycles. The van der Waals surface area contributed by atoms with Crippen molar-refractivity contribution < 1.29 is 0 Å². The number of anilines is 1. The molecule has 5 nitrogen and oxygen atoms in total. The van der Waals surface area contributed by atoms with Crippen molar-refractivity contribution >= 4 is 44.5 Å². The highest BCUT2D eigenvalue weighted by atomic mass is 127. The summed E-state index contributed by atoms with van der Waals surface area (Å²) < 4.78 is 2.20. The molecular formula is C13H15BrIN5. The monoisotopic (exact) mass is 447 g/mol. The molecule has 1 aliphatic rings. The van der Waals surface area contributed by atoms with Crippen LogP contribution < -0.4 is 10.2 Å². The summed E-state index contributed by atoms with van der Waals surface area (Å²) in [5.74, 6) is 1.60. The number of nitrogens with one attached hydrogen (secondary N) is 2. The first-order valence-electron chi connectivity index (χ1n) is 6.49. The molecule has 1 aliphatic heterocycles. The van der Waals surface area contributed by atoms with Crippen LogP contribution in [0.4, 0.5) is 5.95 Å². The molecule has 0 spiro atoms.